The number of amidine groups is 1. The van der Waals surface area contributed by atoms with Crippen molar-refractivity contribution in [2.45, 2.75) is 13.0 Å². The molecular weight excluding hydrogens is 294 g/mol. The van der Waals surface area contributed by atoms with Gasteiger partial charge in [-0.2, -0.15) is 0 Å². The van der Waals surface area contributed by atoms with E-state index in [2.05, 4.69) is 0 Å². The van der Waals surface area contributed by atoms with Crippen LogP contribution in [0.3, 0.4) is 0 Å². The molecule has 0 bridgehead atoms. The maximum absolute atomic E-state index is 12.2. The van der Waals surface area contributed by atoms with Gasteiger partial charge in [0.05, 0.1) is 11.4 Å². The molecule has 0 aromatic carbocycles. The number of fused-ring (bicyclic) bond motifs is 1. The SMILES string of the molecule is N=CC(C(=N)N)C(=O)N1CCc2cc(C(=O)NO)sc2C1. The van der Waals surface area contributed by atoms with Crippen molar-refractivity contribution in [2.24, 2.45) is 11.7 Å². The van der Waals surface area contributed by atoms with Gasteiger partial charge in [0.1, 0.15) is 11.8 Å². The van der Waals surface area contributed by atoms with E-state index >= 15 is 0 Å². The van der Waals surface area contributed by atoms with Crippen LogP contribution in [0.25, 0.3) is 0 Å². The van der Waals surface area contributed by atoms with Gasteiger partial charge in [-0.25, -0.2) is 5.48 Å². The summed E-state index contributed by atoms with van der Waals surface area (Å²) in [4.78, 5) is 26.4. The molecular formula is C12H15N5O3S. The van der Waals surface area contributed by atoms with Crippen LogP contribution in [0, 0.1) is 16.7 Å². The van der Waals surface area contributed by atoms with Crippen molar-refractivity contribution < 1.29 is 14.8 Å². The third kappa shape index (κ3) is 2.93. The molecule has 0 saturated carbocycles. The molecule has 1 atom stereocenters. The molecule has 2 rings (SSSR count). The zero-order valence-corrected chi connectivity index (χ0v) is 11.9. The van der Waals surface area contributed by atoms with E-state index < -0.39 is 11.8 Å². The summed E-state index contributed by atoms with van der Waals surface area (Å²) < 4.78 is 0. The molecule has 0 spiro atoms. The maximum atomic E-state index is 12.2. The van der Waals surface area contributed by atoms with Crippen LogP contribution in [0.5, 0.6) is 0 Å². The molecule has 112 valence electrons. The smallest absolute Gasteiger partial charge is 0.284 e. The highest BCUT2D eigenvalue weighted by Crippen LogP contribution is 2.28. The van der Waals surface area contributed by atoms with Crippen LogP contribution in [0.2, 0.25) is 0 Å². The van der Waals surface area contributed by atoms with Gasteiger partial charge in [0.2, 0.25) is 5.91 Å². The van der Waals surface area contributed by atoms with Gasteiger partial charge < -0.3 is 16.0 Å². The largest absolute Gasteiger partial charge is 0.387 e. The topological polar surface area (TPSA) is 143 Å². The Bertz CT molecular complexity index is 612. The number of nitrogens with two attached hydrogens (primary N) is 1. The summed E-state index contributed by atoms with van der Waals surface area (Å²) in [6, 6.07) is 1.70. The molecule has 2 heterocycles. The summed E-state index contributed by atoms with van der Waals surface area (Å²) >= 11 is 1.21. The lowest BCUT2D eigenvalue weighted by molar-refractivity contribution is -0.132. The molecule has 8 nitrogen and oxygen atoms in total. The van der Waals surface area contributed by atoms with Crippen molar-refractivity contribution in [3.8, 4) is 0 Å². The van der Waals surface area contributed by atoms with Crippen molar-refractivity contribution >= 4 is 35.2 Å². The summed E-state index contributed by atoms with van der Waals surface area (Å²) in [7, 11) is 0. The van der Waals surface area contributed by atoms with Crippen LogP contribution in [0.15, 0.2) is 6.07 Å². The molecule has 9 heteroatoms. The Balaban J connectivity index is 2.17. The summed E-state index contributed by atoms with van der Waals surface area (Å²) in [6.07, 6.45) is 1.44. The Morgan fingerprint density at radius 2 is 2.29 bits per heavy atom. The number of carbonyl (C=O) groups is 2. The summed E-state index contributed by atoms with van der Waals surface area (Å²) in [5.41, 5.74) is 7.87. The van der Waals surface area contributed by atoms with Gasteiger partial charge in [-0.15, -0.1) is 11.3 Å². The van der Waals surface area contributed by atoms with Crippen molar-refractivity contribution in [3.05, 3.63) is 21.4 Å². The van der Waals surface area contributed by atoms with E-state index in [0.29, 0.717) is 24.4 Å². The van der Waals surface area contributed by atoms with Crippen LogP contribution in [-0.2, 0) is 17.8 Å². The molecule has 6 N–H and O–H groups in total. The first kappa shape index (κ1) is 15.1. The standard InChI is InChI=1S/C12H15N5O3S/c13-4-7(10(14)15)12(19)17-2-1-6-3-8(11(18)16-20)21-9(6)5-17/h3-4,7,13,20H,1-2,5H2,(H3,14,15)(H,16,18). The first-order valence-corrected chi connectivity index (χ1v) is 6.99. The average molecular weight is 309 g/mol. The molecule has 1 aliphatic rings. The zero-order valence-electron chi connectivity index (χ0n) is 11.0. The first-order valence-electron chi connectivity index (χ1n) is 6.17. The minimum absolute atomic E-state index is 0.315. The van der Waals surface area contributed by atoms with Gasteiger partial charge >= 0.3 is 0 Å². The van der Waals surface area contributed by atoms with Crippen LogP contribution >= 0.6 is 11.3 Å². The first-order chi connectivity index (χ1) is 9.97. The van der Waals surface area contributed by atoms with Crippen molar-refractivity contribution in [2.75, 3.05) is 6.54 Å². The molecule has 1 aliphatic heterocycles. The maximum Gasteiger partial charge on any atom is 0.284 e. The normalized spacial score (nSPS) is 15.0. The molecule has 0 saturated heterocycles. The molecule has 1 unspecified atom stereocenters. The third-order valence-electron chi connectivity index (χ3n) is 3.29. The molecule has 0 aliphatic carbocycles. The van der Waals surface area contributed by atoms with E-state index in [1.54, 1.807) is 11.5 Å². The Kier molecular flexibility index (Phi) is 4.34. The molecule has 0 fully saturated rings. The van der Waals surface area contributed by atoms with E-state index in [0.717, 1.165) is 16.7 Å². The Hall–Kier alpha value is -2.26. The van der Waals surface area contributed by atoms with Crippen molar-refractivity contribution in [1.82, 2.24) is 10.4 Å². The van der Waals surface area contributed by atoms with E-state index in [1.165, 1.54) is 16.2 Å². The minimum atomic E-state index is -1.04. The lowest BCUT2D eigenvalue weighted by Crippen LogP contribution is -2.44. The highest BCUT2D eigenvalue weighted by molar-refractivity contribution is 7.14. The molecule has 2 amide bonds. The number of thiophene rings is 1. The molecule has 21 heavy (non-hydrogen) atoms. The van der Waals surface area contributed by atoms with Gasteiger partial charge in [0.25, 0.3) is 5.91 Å². The Labute approximate surface area is 124 Å². The Morgan fingerprint density at radius 3 is 2.86 bits per heavy atom. The lowest BCUT2D eigenvalue weighted by Gasteiger charge is -2.28. The second-order valence-electron chi connectivity index (χ2n) is 4.61. The van der Waals surface area contributed by atoms with E-state index in [9.17, 15) is 9.59 Å². The highest BCUT2D eigenvalue weighted by atomic mass is 32.1. The predicted octanol–water partition coefficient (Wildman–Crippen LogP) is -0.0465. The third-order valence-corrected chi connectivity index (χ3v) is 4.45. The summed E-state index contributed by atoms with van der Waals surface area (Å²) in [5, 5.41) is 23.2. The fourth-order valence-corrected chi connectivity index (χ4v) is 3.28. The quantitative estimate of drug-likeness (QED) is 0.230. The number of hydrogen-bond acceptors (Lipinski definition) is 6. The predicted molar refractivity (Wildman–Crippen MR) is 76.9 cm³/mol. The average Bonchev–Trinajstić information content (AvgIpc) is 2.89. The molecule has 1 aromatic heterocycles. The van der Waals surface area contributed by atoms with Crippen LogP contribution in [0.4, 0.5) is 0 Å². The second-order valence-corrected chi connectivity index (χ2v) is 5.75. The van der Waals surface area contributed by atoms with Gasteiger partial charge in [0.15, 0.2) is 0 Å². The van der Waals surface area contributed by atoms with Crippen LogP contribution in [0.1, 0.15) is 20.1 Å². The number of nitrogens with zero attached hydrogens (tertiary/aromatic N) is 1. The summed E-state index contributed by atoms with van der Waals surface area (Å²) in [6.45, 7) is 0.759. The van der Waals surface area contributed by atoms with Crippen molar-refractivity contribution in [3.63, 3.8) is 0 Å². The van der Waals surface area contributed by atoms with Crippen LogP contribution in [-0.4, -0.2) is 40.5 Å². The van der Waals surface area contributed by atoms with Gasteiger partial charge in [0, 0.05) is 17.6 Å². The van der Waals surface area contributed by atoms with E-state index in [4.69, 9.17) is 21.8 Å². The number of carbonyl (C=O) groups excluding carboxylic acids is 2. The zero-order chi connectivity index (χ0) is 15.6. The second kappa shape index (κ2) is 6.02. The molecule has 0 radical (unpaired) electrons. The van der Waals surface area contributed by atoms with Gasteiger partial charge in [-0.1, -0.05) is 0 Å². The number of hydrogen-bond donors (Lipinski definition) is 5. The number of rotatable bonds is 4. The van der Waals surface area contributed by atoms with Gasteiger partial charge in [-0.05, 0) is 18.1 Å². The van der Waals surface area contributed by atoms with Crippen molar-refractivity contribution in [1.29, 1.82) is 10.8 Å². The van der Waals surface area contributed by atoms with Crippen LogP contribution < -0.4 is 11.2 Å². The summed E-state index contributed by atoms with van der Waals surface area (Å²) in [5.74, 6) is -2.35. The monoisotopic (exact) mass is 309 g/mol. The van der Waals surface area contributed by atoms with E-state index in [1.807, 2.05) is 0 Å². The molecule has 1 aromatic rings. The number of hydroxylamine groups is 1. The fourth-order valence-electron chi connectivity index (χ4n) is 2.17. The number of nitrogens with one attached hydrogen (secondary N) is 3. The van der Waals surface area contributed by atoms with E-state index in [-0.39, 0.29) is 11.7 Å². The lowest BCUT2D eigenvalue weighted by atomic mass is 10.0. The van der Waals surface area contributed by atoms with Gasteiger partial charge in [-0.3, -0.25) is 20.2 Å². The minimum Gasteiger partial charge on any atom is -0.387 e. The fraction of sp³-hybridized carbons (Fsp3) is 0.333. The Morgan fingerprint density at radius 1 is 1.57 bits per heavy atom. The highest BCUT2D eigenvalue weighted by Gasteiger charge is 2.29. The number of amides is 2.